The molecule has 1 amide bonds. The minimum atomic E-state index is -0.377. The molecule has 1 aromatic rings. The lowest BCUT2D eigenvalue weighted by molar-refractivity contribution is -0.118. The van der Waals surface area contributed by atoms with Crippen molar-refractivity contribution in [3.8, 4) is 0 Å². The van der Waals surface area contributed by atoms with E-state index in [-0.39, 0.29) is 12.5 Å². The minimum Gasteiger partial charge on any atom is -0.368 e. The van der Waals surface area contributed by atoms with E-state index in [9.17, 15) is 4.79 Å². The molecule has 0 radical (unpaired) electrons. The molecule has 2 rings (SSSR count). The third-order valence-corrected chi connectivity index (χ3v) is 2.82. The summed E-state index contributed by atoms with van der Waals surface area (Å²) < 4.78 is 1.64. The maximum absolute atomic E-state index is 10.8. The van der Waals surface area contributed by atoms with Gasteiger partial charge in [-0.25, -0.2) is 0 Å². The number of primary amides is 1. The van der Waals surface area contributed by atoms with E-state index in [4.69, 9.17) is 17.3 Å². The Labute approximate surface area is 87.0 Å². The van der Waals surface area contributed by atoms with Crippen molar-refractivity contribution in [2.24, 2.45) is 5.73 Å². The average molecular weight is 214 g/mol. The second-order valence-corrected chi connectivity index (χ2v) is 3.91. The highest BCUT2D eigenvalue weighted by Gasteiger charge is 2.19. The number of nitrogens with zero attached hydrogens (tertiary/aromatic N) is 2. The Bertz CT molecular complexity index is 372. The van der Waals surface area contributed by atoms with E-state index >= 15 is 0 Å². The van der Waals surface area contributed by atoms with Crippen molar-refractivity contribution in [3.63, 3.8) is 0 Å². The third-order valence-electron chi connectivity index (χ3n) is 2.51. The number of hydrogen-bond acceptors (Lipinski definition) is 2. The van der Waals surface area contributed by atoms with Gasteiger partial charge in [0.1, 0.15) is 6.54 Å². The molecule has 0 aliphatic heterocycles. The van der Waals surface area contributed by atoms with Crippen molar-refractivity contribution in [2.45, 2.75) is 32.2 Å². The van der Waals surface area contributed by atoms with E-state index in [1.807, 2.05) is 0 Å². The number of fused-ring (bicyclic) bond motifs is 1. The van der Waals surface area contributed by atoms with Crippen LogP contribution in [0.3, 0.4) is 0 Å². The Morgan fingerprint density at radius 3 is 2.93 bits per heavy atom. The number of carbonyl (C=O) groups excluding carboxylic acids is 1. The third kappa shape index (κ3) is 1.62. The normalized spacial score (nSPS) is 15.2. The highest BCUT2D eigenvalue weighted by atomic mass is 35.5. The number of hydrogen-bond donors (Lipinski definition) is 1. The smallest absolute Gasteiger partial charge is 0.239 e. The molecule has 76 valence electrons. The molecular weight excluding hydrogens is 202 g/mol. The van der Waals surface area contributed by atoms with Crippen LogP contribution in [0.4, 0.5) is 0 Å². The van der Waals surface area contributed by atoms with Crippen LogP contribution in [0.5, 0.6) is 0 Å². The molecule has 1 heterocycles. The van der Waals surface area contributed by atoms with Gasteiger partial charge in [-0.2, -0.15) is 5.10 Å². The van der Waals surface area contributed by atoms with E-state index < -0.39 is 0 Å². The largest absolute Gasteiger partial charge is 0.368 e. The molecule has 1 aliphatic carbocycles. The van der Waals surface area contributed by atoms with Gasteiger partial charge in [0.2, 0.25) is 5.91 Å². The number of halogens is 1. The van der Waals surface area contributed by atoms with Crippen LogP contribution in [-0.2, 0) is 24.2 Å². The van der Waals surface area contributed by atoms with Crippen LogP contribution in [0.25, 0.3) is 0 Å². The molecular formula is C9H12ClN3O. The summed E-state index contributed by atoms with van der Waals surface area (Å²) in [5.41, 5.74) is 7.30. The van der Waals surface area contributed by atoms with E-state index in [0.717, 1.165) is 36.9 Å². The zero-order valence-electron chi connectivity index (χ0n) is 7.79. The second kappa shape index (κ2) is 3.61. The van der Waals surface area contributed by atoms with Crippen LogP contribution in [0.1, 0.15) is 24.1 Å². The Hall–Kier alpha value is -1.03. The fourth-order valence-electron chi connectivity index (χ4n) is 1.90. The molecule has 0 spiro atoms. The summed E-state index contributed by atoms with van der Waals surface area (Å²) in [5, 5.41) is 4.64. The van der Waals surface area contributed by atoms with Gasteiger partial charge >= 0.3 is 0 Å². The highest BCUT2D eigenvalue weighted by molar-refractivity contribution is 6.30. The van der Waals surface area contributed by atoms with Gasteiger partial charge in [-0.3, -0.25) is 9.48 Å². The van der Waals surface area contributed by atoms with Crippen LogP contribution in [0.2, 0.25) is 5.15 Å². The van der Waals surface area contributed by atoms with Gasteiger partial charge < -0.3 is 5.73 Å². The monoisotopic (exact) mass is 213 g/mol. The Balaban J connectivity index is 2.36. The first-order chi connectivity index (χ1) is 6.68. The fourth-order valence-corrected chi connectivity index (χ4v) is 2.20. The predicted molar refractivity (Wildman–Crippen MR) is 53.1 cm³/mol. The molecule has 0 fully saturated rings. The number of rotatable bonds is 2. The SMILES string of the molecule is NC(=O)Cn1nc(Cl)c2c1CCCC2. The summed E-state index contributed by atoms with van der Waals surface area (Å²) in [4.78, 5) is 10.8. The Kier molecular flexibility index (Phi) is 2.46. The second-order valence-electron chi connectivity index (χ2n) is 3.55. The Morgan fingerprint density at radius 1 is 1.50 bits per heavy atom. The van der Waals surface area contributed by atoms with E-state index in [1.165, 1.54) is 0 Å². The molecule has 14 heavy (non-hydrogen) atoms. The molecule has 0 bridgehead atoms. The first-order valence-corrected chi connectivity index (χ1v) is 5.08. The summed E-state index contributed by atoms with van der Waals surface area (Å²) in [6.45, 7) is 0.134. The number of carbonyl (C=O) groups is 1. The summed E-state index contributed by atoms with van der Waals surface area (Å²) in [7, 11) is 0. The quantitative estimate of drug-likeness (QED) is 0.794. The zero-order valence-corrected chi connectivity index (χ0v) is 8.55. The lowest BCUT2D eigenvalue weighted by atomic mass is 9.98. The van der Waals surface area contributed by atoms with Crippen LogP contribution < -0.4 is 5.73 Å². The van der Waals surface area contributed by atoms with Gasteiger partial charge in [0.15, 0.2) is 5.15 Å². The van der Waals surface area contributed by atoms with Crippen LogP contribution in [0.15, 0.2) is 0 Å². The van der Waals surface area contributed by atoms with Gasteiger partial charge in [-0.15, -0.1) is 0 Å². The standard InChI is InChI=1S/C9H12ClN3O/c10-9-6-3-1-2-4-7(6)13(12-9)5-8(11)14/h1-5H2,(H2,11,14). The molecule has 0 saturated heterocycles. The fraction of sp³-hybridized carbons (Fsp3) is 0.556. The molecule has 0 unspecified atom stereocenters. The zero-order chi connectivity index (χ0) is 10.1. The van der Waals surface area contributed by atoms with Gasteiger partial charge in [0.25, 0.3) is 0 Å². The van der Waals surface area contributed by atoms with Gasteiger partial charge in [-0.1, -0.05) is 11.6 Å². The summed E-state index contributed by atoms with van der Waals surface area (Å²) in [6.07, 6.45) is 4.19. The van der Waals surface area contributed by atoms with Crippen LogP contribution in [-0.4, -0.2) is 15.7 Å². The molecule has 0 aromatic carbocycles. The molecule has 1 aliphatic rings. The van der Waals surface area contributed by atoms with Crippen molar-refractivity contribution in [3.05, 3.63) is 16.4 Å². The number of aromatic nitrogens is 2. The summed E-state index contributed by atoms with van der Waals surface area (Å²) in [6, 6.07) is 0. The Morgan fingerprint density at radius 2 is 2.21 bits per heavy atom. The molecule has 0 atom stereocenters. The lowest BCUT2D eigenvalue weighted by Crippen LogP contribution is -2.21. The van der Waals surface area contributed by atoms with E-state index in [2.05, 4.69) is 5.10 Å². The van der Waals surface area contributed by atoms with Crippen LogP contribution in [0, 0.1) is 0 Å². The molecule has 2 N–H and O–H groups in total. The van der Waals surface area contributed by atoms with Crippen molar-refractivity contribution in [1.82, 2.24) is 9.78 Å². The predicted octanol–water partition coefficient (Wildman–Crippen LogP) is 0.901. The first kappa shape index (κ1) is 9.52. The maximum Gasteiger partial charge on any atom is 0.239 e. The molecule has 5 heteroatoms. The molecule has 1 aromatic heterocycles. The maximum atomic E-state index is 10.8. The number of amides is 1. The highest BCUT2D eigenvalue weighted by Crippen LogP contribution is 2.27. The van der Waals surface area contributed by atoms with E-state index in [1.54, 1.807) is 4.68 Å². The summed E-state index contributed by atoms with van der Waals surface area (Å²) in [5.74, 6) is -0.377. The van der Waals surface area contributed by atoms with Crippen molar-refractivity contribution in [1.29, 1.82) is 0 Å². The topological polar surface area (TPSA) is 60.9 Å². The number of nitrogens with two attached hydrogens (primary N) is 1. The van der Waals surface area contributed by atoms with Crippen molar-refractivity contribution < 1.29 is 4.79 Å². The summed E-state index contributed by atoms with van der Waals surface area (Å²) >= 11 is 5.96. The van der Waals surface area contributed by atoms with Crippen molar-refractivity contribution >= 4 is 17.5 Å². The lowest BCUT2D eigenvalue weighted by Gasteiger charge is -2.12. The first-order valence-electron chi connectivity index (χ1n) is 4.71. The molecule has 4 nitrogen and oxygen atoms in total. The minimum absolute atomic E-state index is 0.134. The average Bonchev–Trinajstić information content (AvgIpc) is 2.44. The van der Waals surface area contributed by atoms with Crippen LogP contribution >= 0.6 is 11.6 Å². The van der Waals surface area contributed by atoms with Gasteiger partial charge in [0.05, 0.1) is 0 Å². The van der Waals surface area contributed by atoms with Crippen molar-refractivity contribution in [2.75, 3.05) is 0 Å². The van der Waals surface area contributed by atoms with Gasteiger partial charge in [-0.05, 0) is 25.7 Å². The molecule has 0 saturated carbocycles. The van der Waals surface area contributed by atoms with Gasteiger partial charge in [0, 0.05) is 11.3 Å². The van der Waals surface area contributed by atoms with E-state index in [0.29, 0.717) is 5.15 Å².